The van der Waals surface area contributed by atoms with Crippen molar-refractivity contribution in [3.8, 4) is 0 Å². The molecule has 1 heterocycles. The Hall–Kier alpha value is -1.35. The first-order valence-corrected chi connectivity index (χ1v) is 7.23. The van der Waals surface area contributed by atoms with Crippen molar-refractivity contribution in [2.24, 2.45) is 5.92 Å². The molecule has 19 heavy (non-hydrogen) atoms. The smallest absolute Gasteiger partial charge is 0.224 e. The van der Waals surface area contributed by atoms with E-state index in [9.17, 15) is 4.79 Å². The quantitative estimate of drug-likeness (QED) is 0.873. The fraction of sp³-hybridized carbons (Fsp3) is 0.562. The Morgan fingerprint density at radius 1 is 1.32 bits per heavy atom. The van der Waals surface area contributed by atoms with Crippen LogP contribution in [0.4, 0.5) is 5.69 Å². The standard InChI is InChI=1S/C16H24N2O/c1-12-3-5-15(13(2)11-12)18-16(19)6-4-14-7-9-17-10-8-14/h3,5,11,14,17H,4,6-10H2,1-2H3,(H,18,19). The summed E-state index contributed by atoms with van der Waals surface area (Å²) in [7, 11) is 0. The van der Waals surface area contributed by atoms with Crippen molar-refractivity contribution in [3.05, 3.63) is 29.3 Å². The highest BCUT2D eigenvalue weighted by Crippen LogP contribution is 2.20. The number of benzene rings is 1. The van der Waals surface area contributed by atoms with Crippen molar-refractivity contribution in [2.45, 2.75) is 39.5 Å². The number of amides is 1. The minimum absolute atomic E-state index is 0.144. The van der Waals surface area contributed by atoms with E-state index in [-0.39, 0.29) is 5.91 Å². The number of aryl methyl sites for hydroxylation is 2. The highest BCUT2D eigenvalue weighted by Gasteiger charge is 2.14. The van der Waals surface area contributed by atoms with Gasteiger partial charge in [-0.15, -0.1) is 0 Å². The summed E-state index contributed by atoms with van der Waals surface area (Å²) >= 11 is 0. The molecular weight excluding hydrogens is 236 g/mol. The topological polar surface area (TPSA) is 41.1 Å². The number of rotatable bonds is 4. The third-order valence-corrected chi connectivity index (χ3v) is 3.89. The lowest BCUT2D eigenvalue weighted by atomic mass is 9.93. The van der Waals surface area contributed by atoms with Crippen molar-refractivity contribution in [1.82, 2.24) is 5.32 Å². The molecule has 2 N–H and O–H groups in total. The summed E-state index contributed by atoms with van der Waals surface area (Å²) in [5, 5.41) is 6.38. The van der Waals surface area contributed by atoms with E-state index in [1.54, 1.807) is 0 Å². The SMILES string of the molecule is Cc1ccc(NC(=O)CCC2CCNCC2)c(C)c1. The molecule has 0 aromatic heterocycles. The van der Waals surface area contributed by atoms with Crippen molar-refractivity contribution in [1.29, 1.82) is 0 Å². The van der Waals surface area contributed by atoms with E-state index >= 15 is 0 Å². The molecule has 3 heteroatoms. The Morgan fingerprint density at radius 2 is 2.05 bits per heavy atom. The molecule has 104 valence electrons. The Bertz CT molecular complexity index is 436. The van der Waals surface area contributed by atoms with Crippen LogP contribution in [0.1, 0.15) is 36.8 Å². The van der Waals surface area contributed by atoms with Crippen LogP contribution in [0.15, 0.2) is 18.2 Å². The average Bonchev–Trinajstić information content (AvgIpc) is 2.41. The van der Waals surface area contributed by atoms with Crippen LogP contribution in [0.5, 0.6) is 0 Å². The van der Waals surface area contributed by atoms with Gasteiger partial charge in [0.05, 0.1) is 0 Å². The van der Waals surface area contributed by atoms with E-state index in [2.05, 4.69) is 23.6 Å². The van der Waals surface area contributed by atoms with Gasteiger partial charge >= 0.3 is 0 Å². The molecule has 0 atom stereocenters. The minimum Gasteiger partial charge on any atom is -0.326 e. The van der Waals surface area contributed by atoms with Gasteiger partial charge in [0, 0.05) is 12.1 Å². The fourth-order valence-corrected chi connectivity index (χ4v) is 2.67. The van der Waals surface area contributed by atoms with Crippen LogP contribution in [-0.4, -0.2) is 19.0 Å². The number of carbonyl (C=O) groups excluding carboxylic acids is 1. The monoisotopic (exact) mass is 260 g/mol. The van der Waals surface area contributed by atoms with Crippen molar-refractivity contribution in [2.75, 3.05) is 18.4 Å². The lowest BCUT2D eigenvalue weighted by Crippen LogP contribution is -2.28. The molecule has 1 aromatic carbocycles. The van der Waals surface area contributed by atoms with Crippen molar-refractivity contribution >= 4 is 11.6 Å². The summed E-state index contributed by atoms with van der Waals surface area (Å²) in [6.45, 7) is 6.30. The van der Waals surface area contributed by atoms with Crippen LogP contribution in [0, 0.1) is 19.8 Å². The van der Waals surface area contributed by atoms with Gasteiger partial charge in [0.1, 0.15) is 0 Å². The second-order valence-electron chi connectivity index (χ2n) is 5.60. The number of hydrogen-bond donors (Lipinski definition) is 2. The molecule has 0 radical (unpaired) electrons. The second-order valence-corrected chi connectivity index (χ2v) is 5.60. The van der Waals surface area contributed by atoms with Gasteiger partial charge in [-0.2, -0.15) is 0 Å². The zero-order valence-corrected chi connectivity index (χ0v) is 12.0. The Balaban J connectivity index is 1.80. The summed E-state index contributed by atoms with van der Waals surface area (Å²) in [4.78, 5) is 12.0. The van der Waals surface area contributed by atoms with Gasteiger partial charge in [-0.05, 0) is 63.7 Å². The normalized spacial score (nSPS) is 16.3. The molecule has 2 rings (SSSR count). The Morgan fingerprint density at radius 3 is 2.74 bits per heavy atom. The summed E-state index contributed by atoms with van der Waals surface area (Å²) in [6.07, 6.45) is 4.06. The first kappa shape index (κ1) is 14.1. The van der Waals surface area contributed by atoms with Crippen LogP contribution in [-0.2, 0) is 4.79 Å². The van der Waals surface area contributed by atoms with Gasteiger partial charge in [-0.3, -0.25) is 4.79 Å². The average molecular weight is 260 g/mol. The van der Waals surface area contributed by atoms with Gasteiger partial charge in [0.25, 0.3) is 0 Å². The number of carbonyl (C=O) groups is 1. The van der Waals surface area contributed by atoms with Crippen LogP contribution in [0.2, 0.25) is 0 Å². The third-order valence-electron chi connectivity index (χ3n) is 3.89. The Kier molecular flexibility index (Phi) is 4.97. The van der Waals surface area contributed by atoms with Crippen LogP contribution in [0.25, 0.3) is 0 Å². The number of nitrogens with one attached hydrogen (secondary N) is 2. The molecule has 1 saturated heterocycles. The van der Waals surface area contributed by atoms with E-state index in [4.69, 9.17) is 0 Å². The van der Waals surface area contributed by atoms with E-state index in [0.717, 1.165) is 30.8 Å². The summed E-state index contributed by atoms with van der Waals surface area (Å²) < 4.78 is 0. The number of anilines is 1. The van der Waals surface area contributed by atoms with Crippen LogP contribution in [0.3, 0.4) is 0 Å². The molecule has 0 bridgehead atoms. The Labute approximate surface area is 115 Å². The second kappa shape index (κ2) is 6.71. The maximum absolute atomic E-state index is 12.0. The molecule has 3 nitrogen and oxygen atoms in total. The molecular formula is C16H24N2O. The van der Waals surface area contributed by atoms with Gasteiger partial charge in [-0.1, -0.05) is 17.7 Å². The zero-order chi connectivity index (χ0) is 13.7. The van der Waals surface area contributed by atoms with E-state index in [0.29, 0.717) is 12.3 Å². The predicted molar refractivity (Wildman–Crippen MR) is 79.4 cm³/mol. The van der Waals surface area contributed by atoms with E-state index < -0.39 is 0 Å². The summed E-state index contributed by atoms with van der Waals surface area (Å²) in [5.74, 6) is 0.858. The molecule has 0 saturated carbocycles. The summed E-state index contributed by atoms with van der Waals surface area (Å²) in [6, 6.07) is 6.13. The highest BCUT2D eigenvalue weighted by molar-refractivity contribution is 5.91. The van der Waals surface area contributed by atoms with E-state index in [1.807, 2.05) is 19.1 Å². The predicted octanol–water partition coefficient (Wildman–Crippen LogP) is 3.02. The molecule has 0 unspecified atom stereocenters. The van der Waals surface area contributed by atoms with Gasteiger partial charge in [-0.25, -0.2) is 0 Å². The first-order valence-electron chi connectivity index (χ1n) is 7.23. The fourth-order valence-electron chi connectivity index (χ4n) is 2.67. The molecule has 1 aliphatic heterocycles. The highest BCUT2D eigenvalue weighted by atomic mass is 16.1. The maximum Gasteiger partial charge on any atom is 0.224 e. The zero-order valence-electron chi connectivity index (χ0n) is 12.0. The maximum atomic E-state index is 12.0. The largest absolute Gasteiger partial charge is 0.326 e. The van der Waals surface area contributed by atoms with Crippen molar-refractivity contribution in [3.63, 3.8) is 0 Å². The first-order chi connectivity index (χ1) is 9.15. The lowest BCUT2D eigenvalue weighted by molar-refractivity contribution is -0.116. The molecule has 1 fully saturated rings. The van der Waals surface area contributed by atoms with Gasteiger partial charge in [0.2, 0.25) is 5.91 Å². The molecule has 1 aromatic rings. The molecule has 1 amide bonds. The van der Waals surface area contributed by atoms with Gasteiger partial charge in [0.15, 0.2) is 0 Å². The van der Waals surface area contributed by atoms with Crippen molar-refractivity contribution < 1.29 is 4.79 Å². The molecule has 0 aliphatic carbocycles. The van der Waals surface area contributed by atoms with E-state index in [1.165, 1.54) is 18.4 Å². The number of piperidine rings is 1. The van der Waals surface area contributed by atoms with Gasteiger partial charge < -0.3 is 10.6 Å². The van der Waals surface area contributed by atoms with Crippen LogP contribution < -0.4 is 10.6 Å². The number of hydrogen-bond acceptors (Lipinski definition) is 2. The molecule has 0 spiro atoms. The minimum atomic E-state index is 0.144. The van der Waals surface area contributed by atoms with Crippen LogP contribution >= 0.6 is 0 Å². The molecule has 1 aliphatic rings. The summed E-state index contributed by atoms with van der Waals surface area (Å²) in [5.41, 5.74) is 3.31. The third kappa shape index (κ3) is 4.35. The lowest BCUT2D eigenvalue weighted by Gasteiger charge is -2.22.